The molecule has 21 heavy (non-hydrogen) atoms. The molecule has 0 saturated heterocycles. The molecule has 106 valence electrons. The molecule has 0 aliphatic carbocycles. The lowest BCUT2D eigenvalue weighted by Crippen LogP contribution is -2.12. The number of hydrogen-bond donors (Lipinski definition) is 1. The highest BCUT2D eigenvalue weighted by Crippen LogP contribution is 2.17. The SMILES string of the molecule is CC(C)Oc1ccc(NC(=O)c2ccc(C#N)cc2)cc1. The van der Waals surface area contributed by atoms with Gasteiger partial charge in [-0.05, 0) is 62.4 Å². The Morgan fingerprint density at radius 2 is 1.71 bits per heavy atom. The first-order chi connectivity index (χ1) is 10.1. The number of nitrogens with zero attached hydrogens (tertiary/aromatic N) is 1. The molecule has 0 unspecified atom stereocenters. The molecule has 2 rings (SSSR count). The largest absolute Gasteiger partial charge is 0.491 e. The van der Waals surface area contributed by atoms with Crippen molar-refractivity contribution in [1.29, 1.82) is 5.26 Å². The molecule has 0 aliphatic heterocycles. The number of rotatable bonds is 4. The van der Waals surface area contributed by atoms with Gasteiger partial charge in [0.1, 0.15) is 5.75 Å². The van der Waals surface area contributed by atoms with E-state index in [1.54, 1.807) is 36.4 Å². The van der Waals surface area contributed by atoms with Crippen molar-refractivity contribution in [2.75, 3.05) is 5.32 Å². The van der Waals surface area contributed by atoms with Crippen LogP contribution in [0.5, 0.6) is 5.75 Å². The van der Waals surface area contributed by atoms with E-state index in [1.165, 1.54) is 0 Å². The molecule has 0 spiro atoms. The Morgan fingerprint density at radius 3 is 2.24 bits per heavy atom. The first kappa shape index (κ1) is 14.6. The number of carbonyl (C=O) groups is 1. The van der Waals surface area contributed by atoms with E-state index in [4.69, 9.17) is 10.00 Å². The number of benzene rings is 2. The van der Waals surface area contributed by atoms with Crippen molar-refractivity contribution in [2.45, 2.75) is 20.0 Å². The van der Waals surface area contributed by atoms with Gasteiger partial charge in [0, 0.05) is 11.3 Å². The third-order valence-corrected chi connectivity index (χ3v) is 2.76. The smallest absolute Gasteiger partial charge is 0.255 e. The van der Waals surface area contributed by atoms with Crippen molar-refractivity contribution in [3.05, 3.63) is 59.7 Å². The van der Waals surface area contributed by atoms with E-state index >= 15 is 0 Å². The number of hydrogen-bond acceptors (Lipinski definition) is 3. The summed E-state index contributed by atoms with van der Waals surface area (Å²) in [5.41, 5.74) is 1.73. The van der Waals surface area contributed by atoms with Gasteiger partial charge in [-0.15, -0.1) is 0 Å². The van der Waals surface area contributed by atoms with Gasteiger partial charge in [0.05, 0.1) is 17.7 Å². The Kier molecular flexibility index (Phi) is 4.57. The quantitative estimate of drug-likeness (QED) is 0.930. The zero-order valence-electron chi connectivity index (χ0n) is 12.0. The summed E-state index contributed by atoms with van der Waals surface area (Å²) in [5.74, 6) is 0.554. The topological polar surface area (TPSA) is 62.1 Å². The van der Waals surface area contributed by atoms with Crippen LogP contribution in [-0.4, -0.2) is 12.0 Å². The number of anilines is 1. The van der Waals surface area contributed by atoms with Gasteiger partial charge in [0.2, 0.25) is 0 Å². The molecule has 0 bridgehead atoms. The molecule has 0 heterocycles. The van der Waals surface area contributed by atoms with E-state index in [0.717, 1.165) is 5.75 Å². The van der Waals surface area contributed by atoms with Crippen LogP contribution in [0.25, 0.3) is 0 Å². The number of amides is 1. The van der Waals surface area contributed by atoms with Gasteiger partial charge >= 0.3 is 0 Å². The van der Waals surface area contributed by atoms with Crippen molar-refractivity contribution < 1.29 is 9.53 Å². The molecule has 0 aliphatic rings. The monoisotopic (exact) mass is 280 g/mol. The maximum absolute atomic E-state index is 12.1. The average Bonchev–Trinajstić information content (AvgIpc) is 2.49. The van der Waals surface area contributed by atoms with E-state index in [9.17, 15) is 4.79 Å². The van der Waals surface area contributed by atoms with E-state index in [1.807, 2.05) is 32.0 Å². The summed E-state index contributed by atoms with van der Waals surface area (Å²) in [5, 5.41) is 11.5. The normalized spacial score (nSPS) is 10.0. The summed E-state index contributed by atoms with van der Waals surface area (Å²) < 4.78 is 5.54. The van der Waals surface area contributed by atoms with Gasteiger partial charge in [-0.2, -0.15) is 5.26 Å². The summed E-state index contributed by atoms with van der Waals surface area (Å²) in [4.78, 5) is 12.1. The highest BCUT2D eigenvalue weighted by Gasteiger charge is 2.06. The zero-order chi connectivity index (χ0) is 15.2. The fourth-order valence-electron chi connectivity index (χ4n) is 1.79. The highest BCUT2D eigenvalue weighted by atomic mass is 16.5. The number of carbonyl (C=O) groups excluding carboxylic acids is 1. The molecule has 4 nitrogen and oxygen atoms in total. The Hall–Kier alpha value is -2.80. The van der Waals surface area contributed by atoms with E-state index in [2.05, 4.69) is 5.32 Å². The first-order valence-electron chi connectivity index (χ1n) is 6.66. The van der Waals surface area contributed by atoms with Crippen molar-refractivity contribution in [3.8, 4) is 11.8 Å². The van der Waals surface area contributed by atoms with Gasteiger partial charge in [-0.25, -0.2) is 0 Å². The second-order valence-corrected chi connectivity index (χ2v) is 4.83. The molecule has 1 amide bonds. The van der Waals surface area contributed by atoms with Crippen molar-refractivity contribution in [2.24, 2.45) is 0 Å². The minimum atomic E-state index is -0.211. The van der Waals surface area contributed by atoms with Gasteiger partial charge in [0.25, 0.3) is 5.91 Å². The average molecular weight is 280 g/mol. The van der Waals surface area contributed by atoms with Crippen LogP contribution in [0.3, 0.4) is 0 Å². The van der Waals surface area contributed by atoms with E-state index < -0.39 is 0 Å². The number of ether oxygens (including phenoxy) is 1. The lowest BCUT2D eigenvalue weighted by molar-refractivity contribution is 0.102. The van der Waals surface area contributed by atoms with Crippen molar-refractivity contribution in [3.63, 3.8) is 0 Å². The third-order valence-electron chi connectivity index (χ3n) is 2.76. The molecule has 4 heteroatoms. The van der Waals surface area contributed by atoms with Gasteiger partial charge < -0.3 is 10.1 Å². The summed E-state index contributed by atoms with van der Waals surface area (Å²) in [7, 11) is 0. The van der Waals surface area contributed by atoms with Crippen LogP contribution < -0.4 is 10.1 Å². The molecule has 0 atom stereocenters. The predicted molar refractivity (Wildman–Crippen MR) is 81.3 cm³/mol. The Labute approximate surface area is 124 Å². The molecular formula is C17H16N2O2. The summed E-state index contributed by atoms with van der Waals surface area (Å²) >= 11 is 0. The molecule has 2 aromatic carbocycles. The van der Waals surface area contributed by atoms with Crippen LogP contribution in [0.1, 0.15) is 29.8 Å². The summed E-state index contributed by atoms with van der Waals surface area (Å²) in [6.07, 6.45) is 0.115. The molecule has 0 fully saturated rings. The molecule has 0 aromatic heterocycles. The van der Waals surface area contributed by atoms with Crippen LogP contribution >= 0.6 is 0 Å². The van der Waals surface area contributed by atoms with Crippen LogP contribution in [0.4, 0.5) is 5.69 Å². The second-order valence-electron chi connectivity index (χ2n) is 4.83. The fourth-order valence-corrected chi connectivity index (χ4v) is 1.79. The van der Waals surface area contributed by atoms with Crippen molar-refractivity contribution in [1.82, 2.24) is 0 Å². The highest BCUT2D eigenvalue weighted by molar-refractivity contribution is 6.04. The Morgan fingerprint density at radius 1 is 1.10 bits per heavy atom. The van der Waals surface area contributed by atoms with E-state index in [-0.39, 0.29) is 12.0 Å². The molecule has 2 aromatic rings. The minimum absolute atomic E-state index is 0.115. The number of nitriles is 1. The van der Waals surface area contributed by atoms with Crippen LogP contribution in [0.15, 0.2) is 48.5 Å². The zero-order valence-corrected chi connectivity index (χ0v) is 12.0. The molecule has 1 N–H and O–H groups in total. The number of nitrogens with one attached hydrogen (secondary N) is 1. The third kappa shape index (κ3) is 4.08. The molecule has 0 saturated carbocycles. The molecular weight excluding hydrogens is 264 g/mol. The summed E-state index contributed by atoms with van der Waals surface area (Å²) in [6, 6.07) is 15.7. The van der Waals surface area contributed by atoms with Gasteiger partial charge in [-0.1, -0.05) is 0 Å². The fraction of sp³-hybridized carbons (Fsp3) is 0.176. The molecule has 0 radical (unpaired) electrons. The second kappa shape index (κ2) is 6.58. The van der Waals surface area contributed by atoms with Crippen LogP contribution in [0.2, 0.25) is 0 Å². The standard InChI is InChI=1S/C17H16N2O2/c1-12(2)21-16-9-7-15(8-10-16)19-17(20)14-5-3-13(11-18)4-6-14/h3-10,12H,1-2H3,(H,19,20). The Balaban J connectivity index is 2.03. The maximum atomic E-state index is 12.1. The summed E-state index contributed by atoms with van der Waals surface area (Å²) in [6.45, 7) is 3.92. The lowest BCUT2D eigenvalue weighted by Gasteiger charge is -2.10. The maximum Gasteiger partial charge on any atom is 0.255 e. The van der Waals surface area contributed by atoms with Gasteiger partial charge in [0.15, 0.2) is 0 Å². The Bertz CT molecular complexity index is 653. The van der Waals surface area contributed by atoms with Crippen LogP contribution in [-0.2, 0) is 0 Å². The van der Waals surface area contributed by atoms with Crippen molar-refractivity contribution >= 4 is 11.6 Å². The first-order valence-corrected chi connectivity index (χ1v) is 6.66. The lowest BCUT2D eigenvalue weighted by atomic mass is 10.1. The van der Waals surface area contributed by atoms with Gasteiger partial charge in [-0.3, -0.25) is 4.79 Å². The van der Waals surface area contributed by atoms with Crippen LogP contribution in [0, 0.1) is 11.3 Å². The predicted octanol–water partition coefficient (Wildman–Crippen LogP) is 3.60. The minimum Gasteiger partial charge on any atom is -0.491 e. The van der Waals surface area contributed by atoms with E-state index in [0.29, 0.717) is 16.8 Å².